The SMILES string of the molecule is COc1ccccc1CC(CNC(=O)Cc1ccc(C)nc1)C(=O)O. The number of aromatic nitrogens is 1. The van der Waals surface area contributed by atoms with Gasteiger partial charge in [0.1, 0.15) is 5.75 Å². The quantitative estimate of drug-likeness (QED) is 0.766. The molecule has 0 saturated heterocycles. The van der Waals surface area contributed by atoms with Gasteiger partial charge in [0.25, 0.3) is 0 Å². The third kappa shape index (κ3) is 5.60. The number of aryl methyl sites for hydroxylation is 1. The fraction of sp³-hybridized carbons (Fsp3) is 0.316. The van der Waals surface area contributed by atoms with Crippen LogP contribution in [-0.2, 0) is 22.4 Å². The van der Waals surface area contributed by atoms with Crippen molar-refractivity contribution in [3.8, 4) is 5.75 Å². The molecule has 1 aromatic carbocycles. The van der Waals surface area contributed by atoms with E-state index in [1.165, 1.54) is 0 Å². The zero-order valence-corrected chi connectivity index (χ0v) is 14.4. The lowest BCUT2D eigenvalue weighted by Crippen LogP contribution is -2.35. The first-order valence-electron chi connectivity index (χ1n) is 8.02. The maximum absolute atomic E-state index is 12.0. The predicted octanol–water partition coefficient (Wildman–Crippen LogP) is 2.00. The van der Waals surface area contributed by atoms with Gasteiger partial charge in [-0.2, -0.15) is 0 Å². The van der Waals surface area contributed by atoms with Crippen molar-refractivity contribution in [1.82, 2.24) is 10.3 Å². The van der Waals surface area contributed by atoms with Crippen molar-refractivity contribution in [1.29, 1.82) is 0 Å². The highest BCUT2D eigenvalue weighted by atomic mass is 16.5. The standard InChI is InChI=1S/C19H22N2O4/c1-13-7-8-14(11-20-13)9-18(22)21-12-16(19(23)24)10-15-5-3-4-6-17(15)25-2/h3-8,11,16H,9-10,12H2,1-2H3,(H,21,22)(H,23,24). The number of carbonyl (C=O) groups excluding carboxylic acids is 1. The number of para-hydroxylation sites is 1. The van der Waals surface area contributed by atoms with Crippen LogP contribution in [0.1, 0.15) is 16.8 Å². The van der Waals surface area contributed by atoms with Crippen LogP contribution >= 0.6 is 0 Å². The third-order valence-corrected chi connectivity index (χ3v) is 3.89. The molecule has 2 N–H and O–H groups in total. The number of hydrogen-bond acceptors (Lipinski definition) is 4. The fourth-order valence-corrected chi connectivity index (χ4v) is 2.47. The van der Waals surface area contributed by atoms with Crippen LogP contribution in [0.15, 0.2) is 42.6 Å². The highest BCUT2D eigenvalue weighted by molar-refractivity contribution is 5.79. The number of nitrogens with one attached hydrogen (secondary N) is 1. The first kappa shape index (κ1) is 18.4. The van der Waals surface area contributed by atoms with Gasteiger partial charge in [0.05, 0.1) is 19.4 Å². The summed E-state index contributed by atoms with van der Waals surface area (Å²) in [6.07, 6.45) is 2.11. The highest BCUT2D eigenvalue weighted by Crippen LogP contribution is 2.21. The van der Waals surface area contributed by atoms with Gasteiger partial charge in [-0.15, -0.1) is 0 Å². The number of rotatable bonds is 8. The number of benzene rings is 1. The Morgan fingerprint density at radius 2 is 2.00 bits per heavy atom. The summed E-state index contributed by atoms with van der Waals surface area (Å²) >= 11 is 0. The molecule has 1 amide bonds. The van der Waals surface area contributed by atoms with Crippen molar-refractivity contribution in [3.05, 3.63) is 59.4 Å². The molecule has 2 aromatic rings. The molecule has 1 atom stereocenters. The molecule has 0 aliphatic rings. The van der Waals surface area contributed by atoms with Gasteiger partial charge in [0, 0.05) is 18.4 Å². The lowest BCUT2D eigenvalue weighted by atomic mass is 9.98. The van der Waals surface area contributed by atoms with Crippen LogP contribution in [0.2, 0.25) is 0 Å². The van der Waals surface area contributed by atoms with E-state index < -0.39 is 11.9 Å². The van der Waals surface area contributed by atoms with Gasteiger partial charge in [0.2, 0.25) is 5.91 Å². The summed E-state index contributed by atoms with van der Waals surface area (Å²) in [5.74, 6) is -1.26. The molecule has 0 fully saturated rings. The molecule has 0 saturated carbocycles. The zero-order chi connectivity index (χ0) is 18.2. The van der Waals surface area contributed by atoms with Crippen molar-refractivity contribution in [2.45, 2.75) is 19.8 Å². The Balaban J connectivity index is 1.94. The minimum atomic E-state index is -0.955. The molecule has 25 heavy (non-hydrogen) atoms. The summed E-state index contributed by atoms with van der Waals surface area (Å²) in [5.41, 5.74) is 2.47. The maximum atomic E-state index is 12.0. The number of carboxylic acids is 1. The van der Waals surface area contributed by atoms with Gasteiger partial charge in [-0.05, 0) is 36.6 Å². The number of carbonyl (C=O) groups is 2. The van der Waals surface area contributed by atoms with Gasteiger partial charge in [-0.25, -0.2) is 0 Å². The summed E-state index contributed by atoms with van der Waals surface area (Å²) in [7, 11) is 1.55. The van der Waals surface area contributed by atoms with E-state index in [-0.39, 0.29) is 25.3 Å². The average molecular weight is 342 g/mol. The van der Waals surface area contributed by atoms with E-state index in [1.807, 2.05) is 37.3 Å². The molecule has 1 aromatic heterocycles. The van der Waals surface area contributed by atoms with Crippen LogP contribution < -0.4 is 10.1 Å². The molecule has 0 spiro atoms. The van der Waals surface area contributed by atoms with E-state index in [4.69, 9.17) is 4.74 Å². The van der Waals surface area contributed by atoms with E-state index in [1.54, 1.807) is 19.4 Å². The average Bonchev–Trinajstić information content (AvgIpc) is 2.60. The van der Waals surface area contributed by atoms with Crippen LogP contribution in [-0.4, -0.2) is 35.6 Å². The van der Waals surface area contributed by atoms with Crippen molar-refractivity contribution >= 4 is 11.9 Å². The van der Waals surface area contributed by atoms with Crippen molar-refractivity contribution < 1.29 is 19.4 Å². The van der Waals surface area contributed by atoms with E-state index in [0.717, 1.165) is 16.8 Å². The predicted molar refractivity (Wildman–Crippen MR) is 93.5 cm³/mol. The summed E-state index contributed by atoms with van der Waals surface area (Å²) in [6.45, 7) is 1.94. The summed E-state index contributed by atoms with van der Waals surface area (Å²) in [4.78, 5) is 27.7. The van der Waals surface area contributed by atoms with Gasteiger partial charge >= 0.3 is 5.97 Å². The van der Waals surface area contributed by atoms with Crippen LogP contribution in [0.25, 0.3) is 0 Å². The molecular weight excluding hydrogens is 320 g/mol. The molecule has 0 aliphatic heterocycles. The van der Waals surface area contributed by atoms with E-state index in [0.29, 0.717) is 5.75 Å². The molecule has 0 bridgehead atoms. The Labute approximate surface area is 146 Å². The number of aliphatic carboxylic acids is 1. The second-order valence-electron chi connectivity index (χ2n) is 5.84. The Morgan fingerprint density at radius 3 is 2.64 bits per heavy atom. The Morgan fingerprint density at radius 1 is 1.24 bits per heavy atom. The zero-order valence-electron chi connectivity index (χ0n) is 14.4. The Bertz CT molecular complexity index is 728. The van der Waals surface area contributed by atoms with Gasteiger partial charge in [0.15, 0.2) is 0 Å². The maximum Gasteiger partial charge on any atom is 0.308 e. The normalized spacial score (nSPS) is 11.6. The molecule has 2 rings (SSSR count). The van der Waals surface area contributed by atoms with Gasteiger partial charge in [-0.3, -0.25) is 14.6 Å². The minimum absolute atomic E-state index is 0.0610. The number of pyridine rings is 1. The monoisotopic (exact) mass is 342 g/mol. The molecule has 6 nitrogen and oxygen atoms in total. The molecule has 0 aliphatic carbocycles. The van der Waals surface area contributed by atoms with Crippen LogP contribution in [0.4, 0.5) is 0 Å². The molecule has 1 unspecified atom stereocenters. The topological polar surface area (TPSA) is 88.5 Å². The number of methoxy groups -OCH3 is 1. The molecule has 132 valence electrons. The van der Waals surface area contributed by atoms with Crippen molar-refractivity contribution in [2.24, 2.45) is 5.92 Å². The van der Waals surface area contributed by atoms with E-state index in [2.05, 4.69) is 10.3 Å². The number of ether oxygens (including phenoxy) is 1. The van der Waals surface area contributed by atoms with Gasteiger partial charge in [-0.1, -0.05) is 24.3 Å². The lowest BCUT2D eigenvalue weighted by Gasteiger charge is -2.15. The molecular formula is C19H22N2O4. The number of carboxylic acid groups (broad SMARTS) is 1. The highest BCUT2D eigenvalue weighted by Gasteiger charge is 2.20. The Kier molecular flexibility index (Phi) is 6.51. The largest absolute Gasteiger partial charge is 0.496 e. The number of hydrogen-bond donors (Lipinski definition) is 2. The number of nitrogens with zero attached hydrogens (tertiary/aromatic N) is 1. The third-order valence-electron chi connectivity index (χ3n) is 3.89. The summed E-state index contributed by atoms with van der Waals surface area (Å²) in [6, 6.07) is 11.0. The van der Waals surface area contributed by atoms with Crippen molar-refractivity contribution in [2.75, 3.05) is 13.7 Å². The first-order chi connectivity index (χ1) is 12.0. The van der Waals surface area contributed by atoms with E-state index >= 15 is 0 Å². The molecule has 6 heteroatoms. The fourth-order valence-electron chi connectivity index (χ4n) is 2.47. The summed E-state index contributed by atoms with van der Waals surface area (Å²) in [5, 5.41) is 12.1. The second kappa shape index (κ2) is 8.82. The molecule has 0 radical (unpaired) electrons. The Hall–Kier alpha value is -2.89. The lowest BCUT2D eigenvalue weighted by molar-refractivity contribution is -0.141. The van der Waals surface area contributed by atoms with Crippen LogP contribution in [0.3, 0.4) is 0 Å². The van der Waals surface area contributed by atoms with Crippen LogP contribution in [0, 0.1) is 12.8 Å². The molecule has 1 heterocycles. The minimum Gasteiger partial charge on any atom is -0.496 e. The number of amides is 1. The van der Waals surface area contributed by atoms with Crippen molar-refractivity contribution in [3.63, 3.8) is 0 Å². The summed E-state index contributed by atoms with van der Waals surface area (Å²) < 4.78 is 5.25. The van der Waals surface area contributed by atoms with Crippen LogP contribution in [0.5, 0.6) is 5.75 Å². The van der Waals surface area contributed by atoms with E-state index in [9.17, 15) is 14.7 Å². The first-order valence-corrected chi connectivity index (χ1v) is 8.02. The smallest absolute Gasteiger partial charge is 0.308 e. The van der Waals surface area contributed by atoms with Gasteiger partial charge < -0.3 is 15.2 Å². The second-order valence-corrected chi connectivity index (χ2v) is 5.84.